The molecule has 5 rings (SSSR count). The summed E-state index contributed by atoms with van der Waals surface area (Å²) in [6.45, 7) is 13.5. The highest BCUT2D eigenvalue weighted by molar-refractivity contribution is 5.83. The smallest absolute Gasteiger partial charge is 0.0482 e. The molecule has 0 amide bonds. The van der Waals surface area contributed by atoms with Crippen LogP contribution in [0.4, 0.5) is 28.4 Å². The van der Waals surface area contributed by atoms with Gasteiger partial charge < -0.3 is 10.2 Å². The zero-order chi connectivity index (χ0) is 28.3. The van der Waals surface area contributed by atoms with Gasteiger partial charge in [0.2, 0.25) is 0 Å². The van der Waals surface area contributed by atoms with Crippen LogP contribution in [0.5, 0.6) is 0 Å². The van der Waals surface area contributed by atoms with Crippen LogP contribution in [0.1, 0.15) is 52.7 Å². The number of nitrogens with one attached hydrogen (secondary N) is 1. The van der Waals surface area contributed by atoms with E-state index < -0.39 is 0 Å². The molecule has 1 N–H and O–H groups in total. The minimum atomic E-state index is 0.105. The van der Waals surface area contributed by atoms with Crippen LogP contribution in [0, 0.1) is 0 Å². The largest absolute Gasteiger partial charge is 0.355 e. The molecule has 0 radical (unpaired) electrons. The molecule has 0 bridgehead atoms. The van der Waals surface area contributed by atoms with Crippen molar-refractivity contribution in [3.63, 3.8) is 0 Å². The Morgan fingerprint density at radius 1 is 0.475 bits per heavy atom. The van der Waals surface area contributed by atoms with Crippen LogP contribution in [-0.2, 0) is 10.8 Å². The van der Waals surface area contributed by atoms with Crippen molar-refractivity contribution < 1.29 is 0 Å². The zero-order valence-corrected chi connectivity index (χ0v) is 24.6. The molecule has 0 heterocycles. The van der Waals surface area contributed by atoms with Crippen molar-refractivity contribution in [1.29, 1.82) is 0 Å². The molecule has 0 saturated carbocycles. The van der Waals surface area contributed by atoms with E-state index in [2.05, 4.69) is 179 Å². The molecule has 40 heavy (non-hydrogen) atoms. The molecule has 202 valence electrons. The molecule has 0 aliphatic heterocycles. The van der Waals surface area contributed by atoms with Gasteiger partial charge in [-0.2, -0.15) is 0 Å². The van der Waals surface area contributed by atoms with Gasteiger partial charge >= 0.3 is 0 Å². The lowest BCUT2D eigenvalue weighted by molar-refractivity contribution is 0.590. The van der Waals surface area contributed by atoms with Gasteiger partial charge in [0.05, 0.1) is 0 Å². The standard InChI is InChI=1S/C38H40N2/c1-37(2,3)29-19-23-32(24-20-29)40(33-25-21-30(22-26-33)38(4,5)6)34-16-12-15-31(27-34)39-36-18-11-10-17-35(36)28-13-8-7-9-14-28/h7-27,39H,1-6H3. The summed E-state index contributed by atoms with van der Waals surface area (Å²) in [6, 6.07) is 45.7. The first kappa shape index (κ1) is 27.3. The average Bonchev–Trinajstić information content (AvgIpc) is 2.94. The molecule has 5 aromatic carbocycles. The third-order valence-electron chi connectivity index (χ3n) is 7.38. The van der Waals surface area contributed by atoms with Gasteiger partial charge in [0.15, 0.2) is 0 Å². The Balaban J connectivity index is 1.55. The van der Waals surface area contributed by atoms with E-state index in [0.29, 0.717) is 0 Å². The normalized spacial score (nSPS) is 11.8. The zero-order valence-electron chi connectivity index (χ0n) is 24.6. The molecule has 0 aliphatic rings. The SMILES string of the molecule is CC(C)(C)c1ccc(N(c2ccc(C(C)(C)C)cc2)c2cccc(Nc3ccccc3-c3ccccc3)c2)cc1. The fraction of sp³-hybridized carbons (Fsp3) is 0.211. The minimum absolute atomic E-state index is 0.105. The van der Waals surface area contributed by atoms with Gasteiger partial charge in [-0.25, -0.2) is 0 Å². The summed E-state index contributed by atoms with van der Waals surface area (Å²) in [5, 5.41) is 3.70. The Bertz CT molecular complexity index is 1490. The third kappa shape index (κ3) is 6.13. The second-order valence-corrected chi connectivity index (χ2v) is 12.5. The Morgan fingerprint density at radius 3 is 1.55 bits per heavy atom. The molecule has 5 aromatic rings. The van der Waals surface area contributed by atoms with Gasteiger partial charge in [0, 0.05) is 34.0 Å². The van der Waals surface area contributed by atoms with Crippen molar-refractivity contribution >= 4 is 28.4 Å². The van der Waals surface area contributed by atoms with Crippen LogP contribution < -0.4 is 10.2 Å². The fourth-order valence-corrected chi connectivity index (χ4v) is 5.01. The lowest BCUT2D eigenvalue weighted by Gasteiger charge is -2.28. The maximum absolute atomic E-state index is 3.70. The number of nitrogens with zero attached hydrogens (tertiary/aromatic N) is 1. The quantitative estimate of drug-likeness (QED) is 0.238. The van der Waals surface area contributed by atoms with Gasteiger partial charge in [0.25, 0.3) is 0 Å². The second-order valence-electron chi connectivity index (χ2n) is 12.5. The number of anilines is 5. The van der Waals surface area contributed by atoms with Crippen molar-refractivity contribution in [3.8, 4) is 11.1 Å². The first-order chi connectivity index (χ1) is 19.1. The van der Waals surface area contributed by atoms with Gasteiger partial charge in [-0.05, 0) is 76.1 Å². The predicted molar refractivity (Wildman–Crippen MR) is 174 cm³/mol. The van der Waals surface area contributed by atoms with E-state index in [-0.39, 0.29) is 10.8 Å². The number of hydrogen-bond acceptors (Lipinski definition) is 2. The molecule has 0 spiro atoms. The Labute approximate surface area is 240 Å². The monoisotopic (exact) mass is 524 g/mol. The van der Waals surface area contributed by atoms with Crippen LogP contribution in [0.25, 0.3) is 11.1 Å². The van der Waals surface area contributed by atoms with Crippen molar-refractivity contribution in [2.24, 2.45) is 0 Å². The van der Waals surface area contributed by atoms with E-state index in [0.717, 1.165) is 28.4 Å². The third-order valence-corrected chi connectivity index (χ3v) is 7.38. The fourth-order valence-electron chi connectivity index (χ4n) is 5.01. The van der Waals surface area contributed by atoms with Gasteiger partial charge in [-0.3, -0.25) is 0 Å². The predicted octanol–water partition coefficient (Wildman–Crippen LogP) is 11.2. The number of para-hydroxylation sites is 1. The van der Waals surface area contributed by atoms with Crippen LogP contribution >= 0.6 is 0 Å². The van der Waals surface area contributed by atoms with E-state index in [1.807, 2.05) is 0 Å². The molecule has 0 saturated heterocycles. The van der Waals surface area contributed by atoms with Crippen LogP contribution in [0.3, 0.4) is 0 Å². The van der Waals surface area contributed by atoms with Gasteiger partial charge in [-0.1, -0.05) is 120 Å². The summed E-state index contributed by atoms with van der Waals surface area (Å²) in [4.78, 5) is 2.34. The maximum Gasteiger partial charge on any atom is 0.0482 e. The minimum Gasteiger partial charge on any atom is -0.355 e. The first-order valence-corrected chi connectivity index (χ1v) is 14.1. The van der Waals surface area contributed by atoms with E-state index in [1.165, 1.54) is 22.3 Å². The number of benzene rings is 5. The summed E-state index contributed by atoms with van der Waals surface area (Å²) in [7, 11) is 0. The van der Waals surface area contributed by atoms with Crippen molar-refractivity contribution in [3.05, 3.63) is 139 Å². The summed E-state index contributed by atoms with van der Waals surface area (Å²) in [5.41, 5.74) is 10.7. The van der Waals surface area contributed by atoms with E-state index in [1.54, 1.807) is 0 Å². The highest BCUT2D eigenvalue weighted by atomic mass is 15.1. The van der Waals surface area contributed by atoms with Crippen molar-refractivity contribution in [2.45, 2.75) is 52.4 Å². The molecule has 0 aliphatic carbocycles. The molecular formula is C38H40N2. The Hall–Kier alpha value is -4.30. The number of rotatable bonds is 6. The average molecular weight is 525 g/mol. The molecule has 0 unspecified atom stereocenters. The maximum atomic E-state index is 3.70. The summed E-state index contributed by atoms with van der Waals surface area (Å²) < 4.78 is 0. The van der Waals surface area contributed by atoms with Crippen LogP contribution in [0.2, 0.25) is 0 Å². The van der Waals surface area contributed by atoms with Gasteiger partial charge in [-0.15, -0.1) is 0 Å². The van der Waals surface area contributed by atoms with Crippen LogP contribution in [-0.4, -0.2) is 0 Å². The lowest BCUT2D eigenvalue weighted by Crippen LogP contribution is -2.14. The Morgan fingerprint density at radius 2 is 1.00 bits per heavy atom. The first-order valence-electron chi connectivity index (χ1n) is 14.1. The summed E-state index contributed by atoms with van der Waals surface area (Å²) in [5.74, 6) is 0. The Kier molecular flexibility index (Phi) is 7.54. The molecular weight excluding hydrogens is 484 g/mol. The highest BCUT2D eigenvalue weighted by Crippen LogP contribution is 2.39. The lowest BCUT2D eigenvalue weighted by atomic mass is 9.86. The van der Waals surface area contributed by atoms with Crippen LogP contribution in [0.15, 0.2) is 127 Å². The summed E-state index contributed by atoms with van der Waals surface area (Å²) >= 11 is 0. The second kappa shape index (κ2) is 11.1. The van der Waals surface area contributed by atoms with Crippen molar-refractivity contribution in [1.82, 2.24) is 0 Å². The number of hydrogen-bond donors (Lipinski definition) is 1. The van der Waals surface area contributed by atoms with E-state index in [9.17, 15) is 0 Å². The molecule has 0 fully saturated rings. The summed E-state index contributed by atoms with van der Waals surface area (Å²) in [6.07, 6.45) is 0. The molecule has 2 nitrogen and oxygen atoms in total. The topological polar surface area (TPSA) is 15.3 Å². The highest BCUT2D eigenvalue weighted by Gasteiger charge is 2.19. The van der Waals surface area contributed by atoms with Gasteiger partial charge in [0.1, 0.15) is 0 Å². The van der Waals surface area contributed by atoms with E-state index >= 15 is 0 Å². The molecule has 0 atom stereocenters. The molecule has 2 heteroatoms. The molecule has 0 aromatic heterocycles. The van der Waals surface area contributed by atoms with Crippen molar-refractivity contribution in [2.75, 3.05) is 10.2 Å². The van der Waals surface area contributed by atoms with E-state index in [4.69, 9.17) is 0 Å².